The molecule has 1 atom stereocenters. The van der Waals surface area contributed by atoms with E-state index >= 15 is 0 Å². The molecule has 3 aromatic rings. The fraction of sp³-hybridized carbons (Fsp3) is 0.143. The van der Waals surface area contributed by atoms with Gasteiger partial charge >= 0.3 is 0 Å². The number of carbonyl (C=O) groups excluding carboxylic acids is 1. The number of carbonyl (C=O) groups is 1. The number of pyridine rings is 1. The van der Waals surface area contributed by atoms with Crippen molar-refractivity contribution in [1.82, 2.24) is 10.3 Å². The van der Waals surface area contributed by atoms with Gasteiger partial charge in [0, 0.05) is 16.4 Å². The van der Waals surface area contributed by atoms with Crippen LogP contribution in [0.3, 0.4) is 0 Å². The number of hydrogen-bond donors (Lipinski definition) is 1. The predicted octanol–water partition coefficient (Wildman–Crippen LogP) is 4.60. The van der Waals surface area contributed by atoms with Gasteiger partial charge in [-0.25, -0.2) is 0 Å². The zero-order valence-electron chi connectivity index (χ0n) is 13.9. The number of aryl methyl sites for hydroxylation is 1. The lowest BCUT2D eigenvalue weighted by Gasteiger charge is -2.20. The van der Waals surface area contributed by atoms with Gasteiger partial charge in [0.15, 0.2) is 0 Å². The van der Waals surface area contributed by atoms with Gasteiger partial charge in [-0.05, 0) is 41.8 Å². The molecule has 3 rings (SSSR count). The lowest BCUT2D eigenvalue weighted by Crippen LogP contribution is -2.30. The molecule has 0 aliphatic carbocycles. The molecular formula is C21H19BrN2O. The van der Waals surface area contributed by atoms with Crippen molar-refractivity contribution in [3.63, 3.8) is 0 Å². The number of hydrogen-bond acceptors (Lipinski definition) is 2. The fourth-order valence-electron chi connectivity index (χ4n) is 2.66. The van der Waals surface area contributed by atoms with Crippen LogP contribution in [0.25, 0.3) is 0 Å². The van der Waals surface area contributed by atoms with E-state index < -0.39 is 0 Å². The molecule has 1 heterocycles. The van der Waals surface area contributed by atoms with Crippen LogP contribution in [-0.2, 0) is 11.2 Å². The Balaban J connectivity index is 1.81. The molecule has 0 spiro atoms. The average molecular weight is 395 g/mol. The smallest absolute Gasteiger partial charge is 0.225 e. The van der Waals surface area contributed by atoms with Crippen LogP contribution in [0.2, 0.25) is 0 Å². The maximum Gasteiger partial charge on any atom is 0.225 e. The molecule has 0 radical (unpaired) electrons. The first-order valence-electron chi connectivity index (χ1n) is 8.13. The van der Waals surface area contributed by atoms with E-state index in [2.05, 4.69) is 26.2 Å². The van der Waals surface area contributed by atoms with Crippen LogP contribution in [0, 0.1) is 6.92 Å². The molecule has 1 amide bonds. The van der Waals surface area contributed by atoms with Gasteiger partial charge in [0.2, 0.25) is 5.91 Å². The van der Waals surface area contributed by atoms with Crippen LogP contribution in [0.4, 0.5) is 0 Å². The van der Waals surface area contributed by atoms with Crippen LogP contribution in [0.5, 0.6) is 0 Å². The summed E-state index contributed by atoms with van der Waals surface area (Å²) in [6.07, 6.45) is 2.07. The topological polar surface area (TPSA) is 42.0 Å². The summed E-state index contributed by atoms with van der Waals surface area (Å²) < 4.78 is 1.01. The normalized spacial score (nSPS) is 11.8. The minimum atomic E-state index is -0.180. The summed E-state index contributed by atoms with van der Waals surface area (Å²) in [5.41, 5.74) is 3.96. The highest BCUT2D eigenvalue weighted by atomic mass is 79.9. The van der Waals surface area contributed by atoms with E-state index in [4.69, 9.17) is 0 Å². The monoisotopic (exact) mass is 394 g/mol. The summed E-state index contributed by atoms with van der Waals surface area (Å²) in [5, 5.41) is 3.15. The fourth-order valence-corrected chi connectivity index (χ4v) is 2.92. The standard InChI is InChI=1S/C21H19BrN2O/c1-15-7-8-16(14-23-15)13-20(25)24-21(17-5-3-2-4-6-17)18-9-11-19(22)12-10-18/h2-12,14,21H,13H2,1H3,(H,24,25). The SMILES string of the molecule is Cc1ccc(CC(=O)NC(c2ccccc2)c2ccc(Br)cc2)cn1. The van der Waals surface area contributed by atoms with E-state index in [1.165, 1.54) is 0 Å². The lowest BCUT2D eigenvalue weighted by atomic mass is 9.98. The number of benzene rings is 2. The lowest BCUT2D eigenvalue weighted by molar-refractivity contribution is -0.120. The molecule has 1 aromatic heterocycles. The van der Waals surface area contributed by atoms with Gasteiger partial charge in [0.05, 0.1) is 12.5 Å². The Morgan fingerprint density at radius 2 is 1.68 bits per heavy atom. The molecule has 0 saturated carbocycles. The zero-order chi connectivity index (χ0) is 17.6. The third-order valence-corrected chi connectivity index (χ3v) is 4.51. The van der Waals surface area contributed by atoms with Gasteiger partial charge in [-0.1, -0.05) is 64.5 Å². The van der Waals surface area contributed by atoms with Gasteiger partial charge in [-0.3, -0.25) is 9.78 Å². The second-order valence-electron chi connectivity index (χ2n) is 5.95. The molecule has 2 aromatic carbocycles. The molecule has 0 aliphatic rings. The third-order valence-electron chi connectivity index (χ3n) is 3.98. The molecule has 25 heavy (non-hydrogen) atoms. The maximum atomic E-state index is 12.6. The Labute approximate surface area is 156 Å². The van der Waals surface area contributed by atoms with Crippen LogP contribution in [0.15, 0.2) is 77.4 Å². The van der Waals surface area contributed by atoms with Crippen LogP contribution >= 0.6 is 15.9 Å². The summed E-state index contributed by atoms with van der Waals surface area (Å²) in [6, 6.07) is 21.7. The van der Waals surface area contributed by atoms with Crippen LogP contribution in [-0.4, -0.2) is 10.9 Å². The first-order valence-corrected chi connectivity index (χ1v) is 8.92. The number of aromatic nitrogens is 1. The van der Waals surface area contributed by atoms with Crippen molar-refractivity contribution < 1.29 is 4.79 Å². The van der Waals surface area contributed by atoms with E-state index in [0.29, 0.717) is 6.42 Å². The van der Waals surface area contributed by atoms with Crippen LogP contribution < -0.4 is 5.32 Å². The second-order valence-corrected chi connectivity index (χ2v) is 6.86. The highest BCUT2D eigenvalue weighted by Gasteiger charge is 2.17. The molecular weight excluding hydrogens is 376 g/mol. The van der Waals surface area contributed by atoms with Crippen molar-refractivity contribution in [1.29, 1.82) is 0 Å². The summed E-state index contributed by atoms with van der Waals surface area (Å²) >= 11 is 3.46. The van der Waals surface area contributed by atoms with Gasteiger partial charge in [0.25, 0.3) is 0 Å². The molecule has 1 N–H and O–H groups in total. The summed E-state index contributed by atoms with van der Waals surface area (Å²) in [7, 11) is 0. The summed E-state index contributed by atoms with van der Waals surface area (Å²) in [5.74, 6) is -0.0255. The highest BCUT2D eigenvalue weighted by Crippen LogP contribution is 2.23. The van der Waals surface area contributed by atoms with Crippen LogP contribution in [0.1, 0.15) is 28.4 Å². The Hall–Kier alpha value is -2.46. The van der Waals surface area contributed by atoms with E-state index in [-0.39, 0.29) is 11.9 Å². The van der Waals surface area contributed by atoms with Crippen molar-refractivity contribution in [2.45, 2.75) is 19.4 Å². The molecule has 0 saturated heterocycles. The van der Waals surface area contributed by atoms with E-state index in [1.54, 1.807) is 6.20 Å². The Bertz CT molecular complexity index is 830. The Morgan fingerprint density at radius 3 is 2.32 bits per heavy atom. The van der Waals surface area contributed by atoms with Crippen molar-refractivity contribution in [3.05, 3.63) is 99.8 Å². The van der Waals surface area contributed by atoms with Crippen molar-refractivity contribution in [2.24, 2.45) is 0 Å². The molecule has 0 fully saturated rings. The van der Waals surface area contributed by atoms with Crippen molar-refractivity contribution in [2.75, 3.05) is 0 Å². The van der Waals surface area contributed by atoms with E-state index in [1.807, 2.05) is 73.7 Å². The van der Waals surface area contributed by atoms with E-state index in [0.717, 1.165) is 26.9 Å². The second kappa shape index (κ2) is 8.08. The molecule has 3 nitrogen and oxygen atoms in total. The molecule has 0 aliphatic heterocycles. The number of halogens is 1. The summed E-state index contributed by atoms with van der Waals surface area (Å²) in [6.45, 7) is 1.93. The predicted molar refractivity (Wildman–Crippen MR) is 103 cm³/mol. The molecule has 1 unspecified atom stereocenters. The van der Waals surface area contributed by atoms with Gasteiger partial charge in [-0.15, -0.1) is 0 Å². The van der Waals surface area contributed by atoms with Crippen molar-refractivity contribution in [3.8, 4) is 0 Å². The van der Waals surface area contributed by atoms with Crippen molar-refractivity contribution >= 4 is 21.8 Å². The zero-order valence-corrected chi connectivity index (χ0v) is 15.5. The molecule has 4 heteroatoms. The first kappa shape index (κ1) is 17.4. The number of nitrogens with zero attached hydrogens (tertiary/aromatic N) is 1. The van der Waals surface area contributed by atoms with E-state index in [9.17, 15) is 4.79 Å². The average Bonchev–Trinajstić information content (AvgIpc) is 2.63. The minimum absolute atomic E-state index is 0.0255. The molecule has 0 bridgehead atoms. The highest BCUT2D eigenvalue weighted by molar-refractivity contribution is 9.10. The van der Waals surface area contributed by atoms with Gasteiger partial charge in [-0.2, -0.15) is 0 Å². The van der Waals surface area contributed by atoms with Gasteiger partial charge in [0.1, 0.15) is 0 Å². The number of nitrogens with one attached hydrogen (secondary N) is 1. The van der Waals surface area contributed by atoms with Gasteiger partial charge < -0.3 is 5.32 Å². The largest absolute Gasteiger partial charge is 0.345 e. The third kappa shape index (κ3) is 4.77. The number of amides is 1. The Kier molecular flexibility index (Phi) is 5.61. The minimum Gasteiger partial charge on any atom is -0.345 e. The number of rotatable bonds is 5. The molecule has 126 valence electrons. The first-order chi connectivity index (χ1) is 12.1. The Morgan fingerprint density at radius 1 is 1.00 bits per heavy atom. The quantitative estimate of drug-likeness (QED) is 0.686. The maximum absolute atomic E-state index is 12.6. The summed E-state index contributed by atoms with van der Waals surface area (Å²) in [4.78, 5) is 16.8.